The fourth-order valence-corrected chi connectivity index (χ4v) is 3.84. The lowest BCUT2D eigenvalue weighted by atomic mass is 10.1. The summed E-state index contributed by atoms with van der Waals surface area (Å²) in [5, 5.41) is 10.7. The van der Waals surface area contributed by atoms with E-state index in [-0.39, 0.29) is 16.9 Å². The summed E-state index contributed by atoms with van der Waals surface area (Å²) in [5.41, 5.74) is 1.14. The number of benzene rings is 2. The summed E-state index contributed by atoms with van der Waals surface area (Å²) < 4.78 is 16.6. The molecule has 2 heterocycles. The SMILES string of the molecule is CCCOC(=O)c1ccc(Oc2coc3c(C[NH+]4CCCC4)c(O)ccc3c2=O)cc1. The first kappa shape index (κ1) is 20.9. The van der Waals surface area contributed by atoms with Crippen LogP contribution in [0.1, 0.15) is 42.1 Å². The van der Waals surface area contributed by atoms with E-state index in [4.69, 9.17) is 13.9 Å². The first-order valence-corrected chi connectivity index (χ1v) is 10.6. The van der Waals surface area contributed by atoms with Crippen molar-refractivity contribution >= 4 is 16.9 Å². The Bertz CT molecular complexity index is 1130. The molecule has 0 unspecified atom stereocenters. The van der Waals surface area contributed by atoms with Gasteiger partial charge in [0.25, 0.3) is 0 Å². The Morgan fingerprint density at radius 1 is 1.13 bits per heavy atom. The van der Waals surface area contributed by atoms with E-state index in [1.165, 1.54) is 17.2 Å². The molecule has 162 valence electrons. The molecule has 0 amide bonds. The van der Waals surface area contributed by atoms with Crippen molar-refractivity contribution in [2.75, 3.05) is 19.7 Å². The fourth-order valence-electron chi connectivity index (χ4n) is 3.84. The number of carbonyl (C=O) groups is 1. The molecule has 0 aliphatic carbocycles. The van der Waals surface area contributed by atoms with E-state index in [9.17, 15) is 14.7 Å². The minimum atomic E-state index is -0.397. The third-order valence-electron chi connectivity index (χ3n) is 5.48. The summed E-state index contributed by atoms with van der Waals surface area (Å²) in [4.78, 5) is 26.3. The number of carbonyl (C=O) groups excluding carboxylic acids is 1. The molecule has 3 aromatic rings. The Morgan fingerprint density at radius 3 is 2.58 bits per heavy atom. The maximum atomic E-state index is 13.0. The molecular weight excluding hydrogens is 398 g/mol. The molecule has 1 aromatic heterocycles. The first-order valence-electron chi connectivity index (χ1n) is 10.6. The second-order valence-corrected chi connectivity index (χ2v) is 7.77. The van der Waals surface area contributed by atoms with Crippen LogP contribution in [0.25, 0.3) is 11.0 Å². The lowest BCUT2D eigenvalue weighted by molar-refractivity contribution is -0.901. The number of aromatic hydroxyl groups is 1. The van der Waals surface area contributed by atoms with Crippen LogP contribution in [0.2, 0.25) is 0 Å². The van der Waals surface area contributed by atoms with Crippen LogP contribution in [-0.4, -0.2) is 30.8 Å². The van der Waals surface area contributed by atoms with Crippen molar-refractivity contribution in [1.82, 2.24) is 0 Å². The molecule has 1 fully saturated rings. The van der Waals surface area contributed by atoms with Crippen molar-refractivity contribution in [3.05, 3.63) is 64.0 Å². The van der Waals surface area contributed by atoms with Gasteiger partial charge in [-0.15, -0.1) is 0 Å². The van der Waals surface area contributed by atoms with Gasteiger partial charge in [-0.1, -0.05) is 6.92 Å². The minimum Gasteiger partial charge on any atom is -0.507 e. The van der Waals surface area contributed by atoms with Crippen molar-refractivity contribution in [3.63, 3.8) is 0 Å². The van der Waals surface area contributed by atoms with Gasteiger partial charge in [0.2, 0.25) is 11.2 Å². The van der Waals surface area contributed by atoms with Gasteiger partial charge in [0.15, 0.2) is 5.58 Å². The van der Waals surface area contributed by atoms with E-state index in [1.807, 2.05) is 6.92 Å². The van der Waals surface area contributed by atoms with Gasteiger partial charge in [-0.05, 0) is 42.8 Å². The molecule has 7 heteroatoms. The molecule has 31 heavy (non-hydrogen) atoms. The molecule has 0 bridgehead atoms. The van der Waals surface area contributed by atoms with Gasteiger partial charge in [0.05, 0.1) is 36.2 Å². The second-order valence-electron chi connectivity index (χ2n) is 7.77. The standard InChI is InChI=1S/C24H25NO6/c1-2-13-29-24(28)16-5-7-17(8-6-16)31-21-15-30-23-18(22(21)27)9-10-20(26)19(23)14-25-11-3-4-12-25/h5-10,15,26H,2-4,11-14H2,1H3/p+1. The van der Waals surface area contributed by atoms with Crippen LogP contribution in [-0.2, 0) is 11.3 Å². The first-order chi connectivity index (χ1) is 15.1. The highest BCUT2D eigenvalue weighted by Gasteiger charge is 2.22. The van der Waals surface area contributed by atoms with Crippen molar-refractivity contribution in [2.24, 2.45) is 0 Å². The zero-order chi connectivity index (χ0) is 21.8. The van der Waals surface area contributed by atoms with Crippen LogP contribution in [0.4, 0.5) is 0 Å². The molecule has 0 atom stereocenters. The number of phenols is 1. The van der Waals surface area contributed by atoms with Crippen molar-refractivity contribution in [3.8, 4) is 17.2 Å². The zero-order valence-corrected chi connectivity index (χ0v) is 17.5. The largest absolute Gasteiger partial charge is 0.507 e. The number of hydrogen-bond donors (Lipinski definition) is 2. The van der Waals surface area contributed by atoms with E-state index in [0.29, 0.717) is 41.0 Å². The van der Waals surface area contributed by atoms with Gasteiger partial charge < -0.3 is 23.9 Å². The highest BCUT2D eigenvalue weighted by molar-refractivity contribution is 5.89. The number of likely N-dealkylation sites (tertiary alicyclic amines) is 1. The average molecular weight is 424 g/mol. The fraction of sp³-hybridized carbons (Fsp3) is 0.333. The third kappa shape index (κ3) is 4.56. The summed E-state index contributed by atoms with van der Waals surface area (Å²) in [5.74, 6) is 0.179. The summed E-state index contributed by atoms with van der Waals surface area (Å²) in [7, 11) is 0. The van der Waals surface area contributed by atoms with Crippen LogP contribution in [0, 0.1) is 0 Å². The van der Waals surface area contributed by atoms with Gasteiger partial charge in [-0.3, -0.25) is 4.79 Å². The zero-order valence-electron chi connectivity index (χ0n) is 17.5. The molecule has 1 aliphatic heterocycles. The van der Waals surface area contributed by atoms with Gasteiger partial charge in [0.1, 0.15) is 24.3 Å². The van der Waals surface area contributed by atoms with Gasteiger partial charge in [-0.25, -0.2) is 4.79 Å². The van der Waals surface area contributed by atoms with Crippen molar-refractivity contribution in [1.29, 1.82) is 0 Å². The smallest absolute Gasteiger partial charge is 0.338 e. The summed E-state index contributed by atoms with van der Waals surface area (Å²) in [6, 6.07) is 9.47. The van der Waals surface area contributed by atoms with Gasteiger partial charge in [0, 0.05) is 12.8 Å². The Balaban J connectivity index is 1.57. The lowest BCUT2D eigenvalue weighted by Gasteiger charge is -2.14. The molecule has 0 spiro atoms. The number of fused-ring (bicyclic) bond motifs is 1. The molecule has 0 saturated carbocycles. The summed E-state index contributed by atoms with van der Waals surface area (Å²) in [6.45, 7) is 5.00. The van der Waals surface area contributed by atoms with E-state index < -0.39 is 5.97 Å². The predicted molar refractivity (Wildman–Crippen MR) is 115 cm³/mol. The molecule has 4 rings (SSSR count). The van der Waals surface area contributed by atoms with Crippen LogP contribution in [0.15, 0.2) is 51.9 Å². The average Bonchev–Trinajstić information content (AvgIpc) is 3.29. The number of esters is 1. The Labute approximate surface area is 179 Å². The van der Waals surface area contributed by atoms with Gasteiger partial charge in [-0.2, -0.15) is 0 Å². The van der Waals surface area contributed by atoms with Crippen LogP contribution in [0.3, 0.4) is 0 Å². The Hall–Kier alpha value is -3.32. The van der Waals surface area contributed by atoms with Crippen LogP contribution < -0.4 is 15.1 Å². The van der Waals surface area contributed by atoms with Crippen molar-refractivity contribution < 1.29 is 28.7 Å². The maximum absolute atomic E-state index is 13.0. The normalized spacial score (nSPS) is 14.1. The minimum absolute atomic E-state index is 0.0407. The monoisotopic (exact) mass is 424 g/mol. The summed E-state index contributed by atoms with van der Waals surface area (Å²) >= 11 is 0. The number of phenolic OH excluding ortho intramolecular Hbond substituents is 1. The van der Waals surface area contributed by atoms with E-state index >= 15 is 0 Å². The number of rotatable bonds is 7. The highest BCUT2D eigenvalue weighted by Crippen LogP contribution is 2.28. The molecule has 7 nitrogen and oxygen atoms in total. The van der Waals surface area contributed by atoms with Gasteiger partial charge >= 0.3 is 5.97 Å². The van der Waals surface area contributed by atoms with Crippen molar-refractivity contribution in [2.45, 2.75) is 32.7 Å². The summed E-state index contributed by atoms with van der Waals surface area (Å²) in [6.07, 6.45) is 4.36. The topological polar surface area (TPSA) is 90.4 Å². The molecular formula is C24H26NO6+. The van der Waals surface area contributed by atoms with Crippen LogP contribution >= 0.6 is 0 Å². The molecule has 2 N–H and O–H groups in total. The molecule has 0 radical (unpaired) electrons. The Morgan fingerprint density at radius 2 is 1.87 bits per heavy atom. The quantitative estimate of drug-likeness (QED) is 0.567. The number of ether oxygens (including phenoxy) is 2. The number of quaternary nitrogens is 1. The Kier molecular flexibility index (Phi) is 6.23. The van der Waals surface area contributed by atoms with E-state index in [2.05, 4.69) is 0 Å². The molecule has 2 aromatic carbocycles. The molecule has 1 saturated heterocycles. The molecule has 1 aliphatic rings. The van der Waals surface area contributed by atoms with E-state index in [0.717, 1.165) is 32.4 Å². The third-order valence-corrected chi connectivity index (χ3v) is 5.48. The van der Waals surface area contributed by atoms with Crippen LogP contribution in [0.5, 0.6) is 17.2 Å². The lowest BCUT2D eigenvalue weighted by Crippen LogP contribution is -3.08. The highest BCUT2D eigenvalue weighted by atomic mass is 16.5. The van der Waals surface area contributed by atoms with E-state index in [1.54, 1.807) is 30.3 Å². The number of nitrogens with one attached hydrogen (secondary N) is 1. The number of hydrogen-bond acceptors (Lipinski definition) is 6. The second kappa shape index (κ2) is 9.22. The maximum Gasteiger partial charge on any atom is 0.338 e. The predicted octanol–water partition coefficient (Wildman–Crippen LogP) is 3.04.